The molecular weight excluding hydrogens is 518 g/mol. The summed E-state index contributed by atoms with van der Waals surface area (Å²) in [5.74, 6) is -1.70. The lowest BCUT2D eigenvalue weighted by Gasteiger charge is -2.38. The molecular formula is C27H23Cl2FN4O3. The van der Waals surface area contributed by atoms with E-state index >= 15 is 4.39 Å². The van der Waals surface area contributed by atoms with Gasteiger partial charge in [-0.1, -0.05) is 35.3 Å². The van der Waals surface area contributed by atoms with E-state index < -0.39 is 23.4 Å². The molecule has 1 aliphatic heterocycles. The number of aromatic nitrogens is 3. The van der Waals surface area contributed by atoms with Gasteiger partial charge in [0.15, 0.2) is 5.72 Å². The fourth-order valence-electron chi connectivity index (χ4n) is 4.91. The number of halogens is 3. The second-order valence-corrected chi connectivity index (χ2v) is 9.66. The molecule has 0 saturated heterocycles. The number of aryl methyl sites for hydroxylation is 1. The van der Waals surface area contributed by atoms with Crippen molar-refractivity contribution in [2.45, 2.75) is 18.2 Å². The molecule has 0 saturated carbocycles. The quantitative estimate of drug-likeness (QED) is 0.361. The number of fused-ring (bicyclic) bond motifs is 1. The lowest BCUT2D eigenvalue weighted by molar-refractivity contribution is -0.0885. The maximum Gasteiger partial charge on any atom is 0.257 e. The minimum absolute atomic E-state index is 0.0274. The van der Waals surface area contributed by atoms with Gasteiger partial charge in [0.05, 0.1) is 46.6 Å². The highest BCUT2D eigenvalue weighted by atomic mass is 35.5. The summed E-state index contributed by atoms with van der Waals surface area (Å²) in [5.41, 5.74) is 0.693. The standard InChI is InChI=1S/C27H23Cl2FN4O3/c1-33-10-9-24(32-33)22(15-35)16-11-21-25(23(30)12-16)27(37-2,17-3-5-18(28)6-4-17)34(26(21)36)14-20-8-7-19(29)13-31-20/h3-13,22,35H,14-15H2,1-2H3/t22?,27-/m1/s1. The van der Waals surface area contributed by atoms with Crippen LogP contribution >= 0.6 is 23.2 Å². The van der Waals surface area contributed by atoms with E-state index in [2.05, 4.69) is 10.1 Å². The molecule has 2 atom stereocenters. The maximum atomic E-state index is 16.1. The number of amides is 1. The molecule has 1 amide bonds. The third-order valence-corrected chi connectivity index (χ3v) is 7.10. The van der Waals surface area contributed by atoms with Gasteiger partial charge in [0.2, 0.25) is 0 Å². The summed E-state index contributed by atoms with van der Waals surface area (Å²) in [6, 6.07) is 14.8. The van der Waals surface area contributed by atoms with E-state index in [1.54, 1.807) is 66.5 Å². The minimum atomic E-state index is -1.58. The number of rotatable bonds is 7. The van der Waals surface area contributed by atoms with Gasteiger partial charge in [0, 0.05) is 37.1 Å². The SMILES string of the molecule is CO[C@]1(c2ccc(Cl)cc2)c2c(F)cc(C(CO)c3ccn(C)n3)cc2C(=O)N1Cc1ccc(Cl)cn1. The Labute approximate surface area is 223 Å². The van der Waals surface area contributed by atoms with Gasteiger partial charge < -0.3 is 9.84 Å². The van der Waals surface area contributed by atoms with Gasteiger partial charge in [-0.3, -0.25) is 19.4 Å². The van der Waals surface area contributed by atoms with Gasteiger partial charge in [-0.05, 0) is 48.0 Å². The van der Waals surface area contributed by atoms with Gasteiger partial charge in [0.1, 0.15) is 5.82 Å². The van der Waals surface area contributed by atoms with Crippen LogP contribution in [-0.2, 0) is 24.1 Å². The van der Waals surface area contributed by atoms with Crippen LogP contribution in [0.5, 0.6) is 0 Å². The van der Waals surface area contributed by atoms with Crippen molar-refractivity contribution in [3.63, 3.8) is 0 Å². The Kier molecular flexibility index (Phi) is 6.76. The highest BCUT2D eigenvalue weighted by molar-refractivity contribution is 6.30. The largest absolute Gasteiger partial charge is 0.395 e. The minimum Gasteiger partial charge on any atom is -0.395 e. The molecule has 7 nitrogen and oxygen atoms in total. The molecule has 1 unspecified atom stereocenters. The molecule has 0 spiro atoms. The molecule has 2 aromatic carbocycles. The molecule has 4 aromatic rings. The monoisotopic (exact) mass is 540 g/mol. The average Bonchev–Trinajstić information content (AvgIpc) is 3.41. The molecule has 0 radical (unpaired) electrons. The third-order valence-electron chi connectivity index (χ3n) is 6.62. The summed E-state index contributed by atoms with van der Waals surface area (Å²) >= 11 is 12.1. The molecule has 190 valence electrons. The molecule has 0 aliphatic carbocycles. The Morgan fingerprint density at radius 3 is 2.43 bits per heavy atom. The Morgan fingerprint density at radius 2 is 1.84 bits per heavy atom. The normalized spacial score (nSPS) is 17.8. The number of carbonyl (C=O) groups excluding carboxylic acids is 1. The summed E-state index contributed by atoms with van der Waals surface area (Å²) in [6.07, 6.45) is 3.23. The van der Waals surface area contributed by atoms with E-state index in [4.69, 9.17) is 27.9 Å². The number of ether oxygens (including phenoxy) is 1. The first-order valence-corrected chi connectivity index (χ1v) is 12.2. The van der Waals surface area contributed by atoms with Crippen LogP contribution in [0.3, 0.4) is 0 Å². The van der Waals surface area contributed by atoms with Crippen LogP contribution < -0.4 is 0 Å². The van der Waals surface area contributed by atoms with Crippen molar-refractivity contribution in [3.8, 4) is 0 Å². The van der Waals surface area contributed by atoms with Crippen molar-refractivity contribution in [3.05, 3.63) is 116 Å². The van der Waals surface area contributed by atoms with Gasteiger partial charge in [-0.25, -0.2) is 4.39 Å². The highest BCUT2D eigenvalue weighted by Gasteiger charge is 2.54. The zero-order chi connectivity index (χ0) is 26.3. The van der Waals surface area contributed by atoms with Crippen molar-refractivity contribution in [2.24, 2.45) is 7.05 Å². The summed E-state index contributed by atoms with van der Waals surface area (Å²) in [6.45, 7) is -0.284. The van der Waals surface area contributed by atoms with E-state index in [1.165, 1.54) is 24.3 Å². The smallest absolute Gasteiger partial charge is 0.257 e. The first kappa shape index (κ1) is 25.4. The van der Waals surface area contributed by atoms with Crippen molar-refractivity contribution < 1.29 is 19.0 Å². The van der Waals surface area contributed by atoms with E-state index in [1.807, 2.05) is 0 Å². The van der Waals surface area contributed by atoms with E-state index in [-0.39, 0.29) is 24.3 Å². The molecule has 2 aromatic heterocycles. The number of aliphatic hydroxyl groups excluding tert-OH is 1. The molecule has 3 heterocycles. The number of benzene rings is 2. The van der Waals surface area contributed by atoms with Crippen LogP contribution in [0.25, 0.3) is 0 Å². The van der Waals surface area contributed by atoms with E-state index in [9.17, 15) is 9.90 Å². The number of aliphatic hydroxyl groups is 1. The summed E-state index contributed by atoms with van der Waals surface area (Å²) in [7, 11) is 3.18. The predicted molar refractivity (Wildman–Crippen MR) is 137 cm³/mol. The number of nitrogens with zero attached hydrogens (tertiary/aromatic N) is 4. The second-order valence-electron chi connectivity index (χ2n) is 8.79. The van der Waals surface area contributed by atoms with Crippen LogP contribution in [0.15, 0.2) is 67.0 Å². The fraction of sp³-hybridized carbons (Fsp3) is 0.222. The topological polar surface area (TPSA) is 80.5 Å². The number of hydrogen-bond acceptors (Lipinski definition) is 5. The zero-order valence-corrected chi connectivity index (χ0v) is 21.5. The summed E-state index contributed by atoms with van der Waals surface area (Å²) in [4.78, 5) is 19.7. The molecule has 37 heavy (non-hydrogen) atoms. The van der Waals surface area contributed by atoms with Crippen molar-refractivity contribution in [1.29, 1.82) is 0 Å². The van der Waals surface area contributed by atoms with E-state index in [0.29, 0.717) is 32.6 Å². The lowest BCUT2D eigenvalue weighted by atomic mass is 9.88. The first-order valence-electron chi connectivity index (χ1n) is 11.5. The fourth-order valence-corrected chi connectivity index (χ4v) is 5.14. The first-order chi connectivity index (χ1) is 17.8. The van der Waals surface area contributed by atoms with Gasteiger partial charge >= 0.3 is 0 Å². The maximum absolute atomic E-state index is 16.1. The third kappa shape index (κ3) is 4.30. The Bertz CT molecular complexity index is 1460. The predicted octanol–water partition coefficient (Wildman–Crippen LogP) is 4.89. The average molecular weight is 541 g/mol. The Balaban J connectivity index is 1.70. The highest BCUT2D eigenvalue weighted by Crippen LogP contribution is 2.48. The van der Waals surface area contributed by atoms with E-state index in [0.717, 1.165) is 0 Å². The van der Waals surface area contributed by atoms with Crippen LogP contribution in [0, 0.1) is 5.82 Å². The molecule has 5 rings (SSSR count). The number of methoxy groups -OCH3 is 1. The summed E-state index contributed by atoms with van der Waals surface area (Å²) < 4.78 is 23.8. The van der Waals surface area contributed by atoms with Crippen LogP contribution in [-0.4, -0.2) is 44.4 Å². The van der Waals surface area contributed by atoms with Gasteiger partial charge in [0.25, 0.3) is 5.91 Å². The summed E-state index contributed by atoms with van der Waals surface area (Å²) in [5, 5.41) is 15.5. The molecule has 0 bridgehead atoms. The van der Waals surface area contributed by atoms with Crippen molar-refractivity contribution in [1.82, 2.24) is 19.7 Å². The van der Waals surface area contributed by atoms with Crippen molar-refractivity contribution >= 4 is 29.1 Å². The van der Waals surface area contributed by atoms with Crippen molar-refractivity contribution in [2.75, 3.05) is 13.7 Å². The molecule has 1 aliphatic rings. The lowest BCUT2D eigenvalue weighted by Crippen LogP contribution is -2.46. The molecule has 1 N–H and O–H groups in total. The number of hydrogen-bond donors (Lipinski definition) is 1. The number of pyridine rings is 1. The van der Waals surface area contributed by atoms with Crippen LogP contribution in [0.2, 0.25) is 10.0 Å². The Hall–Kier alpha value is -3.30. The zero-order valence-electron chi connectivity index (χ0n) is 20.0. The van der Waals surface area contributed by atoms with Gasteiger partial charge in [-0.2, -0.15) is 5.10 Å². The molecule has 0 fully saturated rings. The molecule has 10 heteroatoms. The van der Waals surface area contributed by atoms with Gasteiger partial charge in [-0.15, -0.1) is 0 Å². The Morgan fingerprint density at radius 1 is 1.11 bits per heavy atom. The van der Waals surface area contributed by atoms with Crippen LogP contribution in [0.4, 0.5) is 4.39 Å². The number of carbonyl (C=O) groups is 1. The second kappa shape index (κ2) is 9.87. The van der Waals surface area contributed by atoms with Crippen LogP contribution in [0.1, 0.15) is 44.4 Å².